The van der Waals surface area contributed by atoms with Crippen molar-refractivity contribution in [2.75, 3.05) is 13.1 Å². The second-order valence-corrected chi connectivity index (χ2v) is 6.76. The first kappa shape index (κ1) is 17.5. The lowest BCUT2D eigenvalue weighted by Crippen LogP contribution is -2.55. The average molecular weight is 341 g/mol. The Bertz CT molecular complexity index is 720. The number of aromatic nitrogens is 2. The summed E-state index contributed by atoms with van der Waals surface area (Å²) in [6, 6.07) is 9.51. The summed E-state index contributed by atoms with van der Waals surface area (Å²) in [6.45, 7) is 3.38. The zero-order valence-electron chi connectivity index (χ0n) is 14.3. The van der Waals surface area contributed by atoms with Crippen molar-refractivity contribution in [3.05, 3.63) is 59.7 Å². The predicted octanol–water partition coefficient (Wildman–Crippen LogP) is 1.67. The summed E-state index contributed by atoms with van der Waals surface area (Å²) in [5.74, 6) is -0.211. The van der Waals surface area contributed by atoms with Crippen LogP contribution in [-0.4, -0.2) is 50.2 Å². The van der Waals surface area contributed by atoms with E-state index in [-0.39, 0.29) is 0 Å². The number of aryl methyl sites for hydroxylation is 1. The van der Waals surface area contributed by atoms with Gasteiger partial charge in [0.1, 0.15) is 11.2 Å². The quantitative estimate of drug-likeness (QED) is 0.860. The number of rotatable bonds is 5. The van der Waals surface area contributed by atoms with Gasteiger partial charge in [-0.25, -0.2) is 9.97 Å². The van der Waals surface area contributed by atoms with Crippen LogP contribution >= 0.6 is 0 Å². The number of aliphatic hydroxyl groups is 1. The van der Waals surface area contributed by atoms with E-state index in [4.69, 9.17) is 0 Å². The van der Waals surface area contributed by atoms with Crippen LogP contribution in [0.1, 0.15) is 23.4 Å². The van der Waals surface area contributed by atoms with Gasteiger partial charge in [0, 0.05) is 31.0 Å². The number of β-amino-alcohol motifs (C(OH)–C–C–N with tert-alkyl or cyclic N) is 1. The van der Waals surface area contributed by atoms with Gasteiger partial charge in [0.25, 0.3) is 0 Å². The van der Waals surface area contributed by atoms with Crippen molar-refractivity contribution < 1.29 is 15.0 Å². The van der Waals surface area contributed by atoms with Gasteiger partial charge in [0.05, 0.1) is 6.10 Å². The summed E-state index contributed by atoms with van der Waals surface area (Å²) in [5.41, 5.74) is 0.759. The molecule has 0 spiro atoms. The first-order valence-electron chi connectivity index (χ1n) is 8.45. The van der Waals surface area contributed by atoms with Crippen molar-refractivity contribution >= 4 is 5.97 Å². The Morgan fingerprint density at radius 3 is 2.52 bits per heavy atom. The van der Waals surface area contributed by atoms with Gasteiger partial charge in [-0.05, 0) is 31.9 Å². The minimum Gasteiger partial charge on any atom is -0.481 e. The molecule has 2 aromatic rings. The maximum absolute atomic E-state index is 12.0. The minimum atomic E-state index is -1.14. The van der Waals surface area contributed by atoms with E-state index in [2.05, 4.69) is 14.9 Å². The molecule has 0 radical (unpaired) electrons. The number of hydrogen-bond acceptors (Lipinski definition) is 5. The van der Waals surface area contributed by atoms with E-state index >= 15 is 0 Å². The Morgan fingerprint density at radius 1 is 1.24 bits per heavy atom. The molecule has 132 valence electrons. The number of aliphatic carboxylic acids is 1. The monoisotopic (exact) mass is 341 g/mol. The third-order valence-corrected chi connectivity index (χ3v) is 4.97. The standard InChI is InChI=1S/C19H23N3O3/c1-14-20-10-16(11-21-14)12-22-8-7-19(18(24)25,17(23)13-22)9-15-5-3-2-4-6-15/h2-6,10-11,17,23H,7-9,12-13H2,1H3,(H,24,25)/t17-,19+/m0/s1. The molecule has 1 aliphatic heterocycles. The number of benzene rings is 1. The molecule has 2 heterocycles. The molecule has 2 N–H and O–H groups in total. The highest BCUT2D eigenvalue weighted by molar-refractivity contribution is 5.76. The van der Waals surface area contributed by atoms with Crippen molar-refractivity contribution in [1.29, 1.82) is 0 Å². The summed E-state index contributed by atoms with van der Waals surface area (Å²) in [5, 5.41) is 20.5. The Balaban J connectivity index is 1.71. The van der Waals surface area contributed by atoms with Crippen molar-refractivity contribution in [2.24, 2.45) is 5.41 Å². The highest BCUT2D eigenvalue weighted by atomic mass is 16.4. The number of likely N-dealkylation sites (tertiary alicyclic amines) is 1. The van der Waals surface area contributed by atoms with Crippen LogP contribution in [0.4, 0.5) is 0 Å². The lowest BCUT2D eigenvalue weighted by Gasteiger charge is -2.43. The van der Waals surface area contributed by atoms with Crippen LogP contribution in [0.5, 0.6) is 0 Å². The molecule has 3 rings (SSSR count). The van der Waals surface area contributed by atoms with E-state index in [1.807, 2.05) is 37.3 Å². The van der Waals surface area contributed by atoms with Crippen molar-refractivity contribution in [3.8, 4) is 0 Å². The number of nitrogens with zero attached hydrogens (tertiary/aromatic N) is 3. The molecule has 1 aromatic carbocycles. The summed E-state index contributed by atoms with van der Waals surface area (Å²) >= 11 is 0. The fourth-order valence-corrected chi connectivity index (χ4v) is 3.43. The van der Waals surface area contributed by atoms with Gasteiger partial charge >= 0.3 is 5.97 Å². The summed E-state index contributed by atoms with van der Waals surface area (Å²) < 4.78 is 0. The zero-order chi connectivity index (χ0) is 17.9. The van der Waals surface area contributed by atoms with E-state index < -0.39 is 17.5 Å². The smallest absolute Gasteiger partial charge is 0.312 e. The van der Waals surface area contributed by atoms with Crippen LogP contribution in [0.15, 0.2) is 42.7 Å². The number of carbonyl (C=O) groups is 1. The van der Waals surface area contributed by atoms with Crippen LogP contribution in [0.3, 0.4) is 0 Å². The highest BCUT2D eigenvalue weighted by Gasteiger charge is 2.48. The molecular weight excluding hydrogens is 318 g/mol. The third kappa shape index (κ3) is 3.86. The normalized spacial score (nSPS) is 24.2. The molecule has 2 atom stereocenters. The molecule has 0 bridgehead atoms. The van der Waals surface area contributed by atoms with Crippen LogP contribution < -0.4 is 0 Å². The van der Waals surface area contributed by atoms with Crippen molar-refractivity contribution in [1.82, 2.24) is 14.9 Å². The molecule has 25 heavy (non-hydrogen) atoms. The number of aliphatic hydroxyl groups excluding tert-OH is 1. The van der Waals surface area contributed by atoms with E-state index in [0.29, 0.717) is 32.5 Å². The molecule has 0 saturated carbocycles. The SMILES string of the molecule is Cc1ncc(CN2CC[C@](Cc3ccccc3)(C(=O)O)[C@@H](O)C2)cn1. The van der Waals surface area contributed by atoms with Crippen LogP contribution in [0.2, 0.25) is 0 Å². The summed E-state index contributed by atoms with van der Waals surface area (Å²) in [6.07, 6.45) is 3.37. The van der Waals surface area contributed by atoms with Crippen molar-refractivity contribution in [2.45, 2.75) is 32.4 Å². The molecule has 1 aromatic heterocycles. The van der Waals surface area contributed by atoms with Crippen LogP contribution in [-0.2, 0) is 17.8 Å². The third-order valence-electron chi connectivity index (χ3n) is 4.97. The minimum absolute atomic E-state index is 0.326. The van der Waals surface area contributed by atoms with Gasteiger partial charge in [0.2, 0.25) is 0 Å². The maximum atomic E-state index is 12.0. The van der Waals surface area contributed by atoms with Gasteiger partial charge in [-0.15, -0.1) is 0 Å². The summed E-state index contributed by atoms with van der Waals surface area (Å²) in [4.78, 5) is 22.4. The Kier molecular flexibility index (Phi) is 5.11. The lowest BCUT2D eigenvalue weighted by atomic mass is 9.71. The van der Waals surface area contributed by atoms with Gasteiger partial charge < -0.3 is 10.2 Å². The van der Waals surface area contributed by atoms with Gasteiger partial charge in [0.15, 0.2) is 0 Å². The fourth-order valence-electron chi connectivity index (χ4n) is 3.43. The molecule has 1 saturated heterocycles. The van der Waals surface area contributed by atoms with Crippen molar-refractivity contribution in [3.63, 3.8) is 0 Å². The Hall–Kier alpha value is -2.31. The molecule has 0 aliphatic carbocycles. The van der Waals surface area contributed by atoms with Gasteiger partial charge in [-0.1, -0.05) is 30.3 Å². The first-order chi connectivity index (χ1) is 12.0. The largest absolute Gasteiger partial charge is 0.481 e. The average Bonchev–Trinajstić information content (AvgIpc) is 2.60. The second-order valence-electron chi connectivity index (χ2n) is 6.76. The maximum Gasteiger partial charge on any atom is 0.312 e. The zero-order valence-corrected chi connectivity index (χ0v) is 14.3. The molecule has 1 fully saturated rings. The molecular formula is C19H23N3O3. The predicted molar refractivity (Wildman–Crippen MR) is 92.9 cm³/mol. The fraction of sp³-hybridized carbons (Fsp3) is 0.421. The number of carboxylic acid groups (broad SMARTS) is 1. The summed E-state index contributed by atoms with van der Waals surface area (Å²) in [7, 11) is 0. The lowest BCUT2D eigenvalue weighted by molar-refractivity contribution is -0.163. The molecule has 0 unspecified atom stereocenters. The van der Waals surface area contributed by atoms with E-state index in [9.17, 15) is 15.0 Å². The number of hydrogen-bond donors (Lipinski definition) is 2. The Morgan fingerprint density at radius 2 is 1.92 bits per heavy atom. The molecule has 6 nitrogen and oxygen atoms in total. The van der Waals surface area contributed by atoms with Gasteiger partial charge in [-0.2, -0.15) is 0 Å². The van der Waals surface area contributed by atoms with Crippen LogP contribution in [0.25, 0.3) is 0 Å². The molecule has 0 amide bonds. The van der Waals surface area contributed by atoms with Crippen LogP contribution in [0, 0.1) is 12.3 Å². The van der Waals surface area contributed by atoms with E-state index in [1.165, 1.54) is 0 Å². The topological polar surface area (TPSA) is 86.6 Å². The molecule has 1 aliphatic rings. The van der Waals surface area contributed by atoms with Gasteiger partial charge in [-0.3, -0.25) is 9.69 Å². The number of carboxylic acids is 1. The van der Waals surface area contributed by atoms with E-state index in [1.54, 1.807) is 12.4 Å². The molecule has 6 heteroatoms. The Labute approximate surface area is 147 Å². The van der Waals surface area contributed by atoms with E-state index in [0.717, 1.165) is 17.0 Å². The second kappa shape index (κ2) is 7.29. The highest BCUT2D eigenvalue weighted by Crippen LogP contribution is 2.36. The number of piperidine rings is 1. The first-order valence-corrected chi connectivity index (χ1v) is 8.45.